The highest BCUT2D eigenvalue weighted by atomic mass is 35.5. The summed E-state index contributed by atoms with van der Waals surface area (Å²) < 4.78 is 20.3. The minimum absolute atomic E-state index is 0.0231. The lowest BCUT2D eigenvalue weighted by Crippen LogP contribution is -2.11. The third-order valence-corrected chi connectivity index (χ3v) is 3.51. The number of carbonyl (C=O) groups is 1. The monoisotopic (exact) mass is 332 g/mol. The van der Waals surface area contributed by atoms with Crippen LogP contribution < -0.4 is 0 Å². The van der Waals surface area contributed by atoms with E-state index in [4.69, 9.17) is 27.9 Å². The summed E-state index contributed by atoms with van der Waals surface area (Å²) in [7, 11) is 0. The van der Waals surface area contributed by atoms with E-state index in [2.05, 4.69) is 4.98 Å². The van der Waals surface area contributed by atoms with Crippen molar-refractivity contribution >= 4 is 40.2 Å². The van der Waals surface area contributed by atoms with Crippen molar-refractivity contribution in [3.63, 3.8) is 0 Å². The molecule has 0 spiro atoms. The van der Waals surface area contributed by atoms with E-state index < -0.39 is 5.82 Å². The molecule has 7 heteroatoms. The Morgan fingerprint density at radius 2 is 2.24 bits per heavy atom. The van der Waals surface area contributed by atoms with Crippen LogP contribution in [0.3, 0.4) is 0 Å². The summed E-state index contributed by atoms with van der Waals surface area (Å²) in [5, 5.41) is 0.0231. The third-order valence-electron chi connectivity index (χ3n) is 3.03. The van der Waals surface area contributed by atoms with Gasteiger partial charge in [-0.05, 0) is 13.0 Å². The van der Waals surface area contributed by atoms with Gasteiger partial charge in [-0.25, -0.2) is 9.37 Å². The summed E-state index contributed by atoms with van der Waals surface area (Å²) >= 11 is 11.5. The van der Waals surface area contributed by atoms with E-state index in [0.717, 1.165) is 0 Å². The van der Waals surface area contributed by atoms with Gasteiger partial charge in [0.1, 0.15) is 11.6 Å². The normalized spacial score (nSPS) is 11.0. The maximum absolute atomic E-state index is 13.7. The van der Waals surface area contributed by atoms with Crippen LogP contribution in [0.25, 0.3) is 11.0 Å². The minimum Gasteiger partial charge on any atom is -0.466 e. The minimum atomic E-state index is -0.515. The molecule has 0 saturated heterocycles. The van der Waals surface area contributed by atoms with Crippen molar-refractivity contribution in [3.05, 3.63) is 28.8 Å². The average molecular weight is 333 g/mol. The highest BCUT2D eigenvalue weighted by Crippen LogP contribution is 2.24. The average Bonchev–Trinajstić information content (AvgIpc) is 2.75. The van der Waals surface area contributed by atoms with Crippen LogP contribution in [0.4, 0.5) is 4.39 Å². The summed E-state index contributed by atoms with van der Waals surface area (Å²) in [6.45, 7) is 2.45. The van der Waals surface area contributed by atoms with Gasteiger partial charge in [0, 0.05) is 24.9 Å². The molecule has 0 aliphatic carbocycles. The van der Waals surface area contributed by atoms with Crippen LogP contribution in [0.5, 0.6) is 0 Å². The summed E-state index contributed by atoms with van der Waals surface area (Å²) in [4.78, 5) is 15.9. The van der Waals surface area contributed by atoms with Gasteiger partial charge in [0.05, 0.1) is 29.1 Å². The first-order valence-corrected chi connectivity index (χ1v) is 7.53. The van der Waals surface area contributed by atoms with Gasteiger partial charge in [0.2, 0.25) is 0 Å². The zero-order valence-electron chi connectivity index (χ0n) is 11.5. The lowest BCUT2D eigenvalue weighted by Gasteiger charge is -2.08. The molecule has 1 heterocycles. The van der Waals surface area contributed by atoms with Crippen molar-refractivity contribution in [2.24, 2.45) is 0 Å². The van der Waals surface area contributed by atoms with E-state index in [1.807, 2.05) is 0 Å². The van der Waals surface area contributed by atoms with E-state index in [0.29, 0.717) is 42.3 Å². The molecule has 114 valence electrons. The zero-order chi connectivity index (χ0) is 15.4. The summed E-state index contributed by atoms with van der Waals surface area (Å²) in [5.74, 6) is 0.273. The number of hydrogen-bond acceptors (Lipinski definition) is 3. The largest absolute Gasteiger partial charge is 0.466 e. The topological polar surface area (TPSA) is 44.1 Å². The second-order valence-electron chi connectivity index (χ2n) is 4.43. The van der Waals surface area contributed by atoms with Crippen molar-refractivity contribution < 1.29 is 13.9 Å². The standard InChI is InChI=1S/C14H15Cl2FN2O2/c1-2-21-14(20)4-6-19-12-8-10(17)9(16)7-11(12)18-13(19)3-5-15/h7-8H,2-6H2,1H3. The van der Waals surface area contributed by atoms with E-state index in [1.165, 1.54) is 12.1 Å². The summed E-state index contributed by atoms with van der Waals surface area (Å²) in [6, 6.07) is 2.80. The van der Waals surface area contributed by atoms with Gasteiger partial charge < -0.3 is 9.30 Å². The number of carbonyl (C=O) groups excluding carboxylic acids is 1. The van der Waals surface area contributed by atoms with Gasteiger partial charge in [0.25, 0.3) is 0 Å². The van der Waals surface area contributed by atoms with Crippen LogP contribution in [0.2, 0.25) is 5.02 Å². The first-order valence-electron chi connectivity index (χ1n) is 6.62. The number of benzene rings is 1. The van der Waals surface area contributed by atoms with Crippen LogP contribution in [0, 0.1) is 5.82 Å². The Hall–Kier alpha value is -1.33. The number of alkyl halides is 1. The smallest absolute Gasteiger partial charge is 0.307 e. The maximum Gasteiger partial charge on any atom is 0.307 e. The molecule has 2 aromatic rings. The predicted octanol–water partition coefficient (Wildman–Crippen LogP) is 3.56. The first kappa shape index (κ1) is 16.0. The number of ether oxygens (including phenoxy) is 1. The predicted molar refractivity (Wildman–Crippen MR) is 80.4 cm³/mol. The summed E-state index contributed by atoms with van der Waals surface area (Å²) in [5.41, 5.74) is 1.19. The van der Waals surface area contributed by atoms with E-state index in [9.17, 15) is 9.18 Å². The molecule has 2 rings (SSSR count). The molecule has 0 N–H and O–H groups in total. The van der Waals surface area contributed by atoms with Crippen molar-refractivity contribution in [1.82, 2.24) is 9.55 Å². The molecule has 0 aliphatic heterocycles. The van der Waals surface area contributed by atoms with Gasteiger partial charge in [-0.3, -0.25) is 4.79 Å². The van der Waals surface area contributed by atoms with E-state index >= 15 is 0 Å². The fourth-order valence-corrected chi connectivity index (χ4v) is 2.46. The van der Waals surface area contributed by atoms with E-state index in [1.54, 1.807) is 11.5 Å². The van der Waals surface area contributed by atoms with Crippen molar-refractivity contribution in [2.75, 3.05) is 12.5 Å². The van der Waals surface area contributed by atoms with Gasteiger partial charge in [-0.2, -0.15) is 0 Å². The maximum atomic E-state index is 13.7. The van der Waals surface area contributed by atoms with Crippen molar-refractivity contribution in [3.8, 4) is 0 Å². The number of aromatic nitrogens is 2. The number of nitrogens with zero attached hydrogens (tertiary/aromatic N) is 2. The fraction of sp³-hybridized carbons (Fsp3) is 0.429. The Bertz CT molecular complexity index is 658. The zero-order valence-corrected chi connectivity index (χ0v) is 13.0. The molecule has 0 fully saturated rings. The Kier molecular flexibility index (Phi) is 5.42. The molecule has 0 bridgehead atoms. The number of fused-ring (bicyclic) bond motifs is 1. The second-order valence-corrected chi connectivity index (χ2v) is 5.21. The molecular formula is C14H15Cl2FN2O2. The number of aryl methyl sites for hydroxylation is 2. The van der Waals surface area contributed by atoms with Crippen LogP contribution >= 0.6 is 23.2 Å². The number of esters is 1. The molecule has 1 aromatic heterocycles. The molecular weight excluding hydrogens is 318 g/mol. The Labute approximate surface area is 131 Å². The van der Waals surface area contributed by atoms with Crippen molar-refractivity contribution in [2.45, 2.75) is 26.3 Å². The molecule has 0 atom stereocenters. The third kappa shape index (κ3) is 3.66. The second kappa shape index (κ2) is 7.09. The molecule has 0 amide bonds. The van der Waals surface area contributed by atoms with Crippen LogP contribution in [-0.2, 0) is 22.5 Å². The first-order chi connectivity index (χ1) is 10.1. The molecule has 0 aliphatic rings. The Balaban J connectivity index is 2.36. The summed E-state index contributed by atoms with van der Waals surface area (Å²) in [6.07, 6.45) is 0.719. The Morgan fingerprint density at radius 3 is 2.90 bits per heavy atom. The van der Waals surface area contributed by atoms with Crippen LogP contribution in [0.1, 0.15) is 19.2 Å². The molecule has 1 aromatic carbocycles. The van der Waals surface area contributed by atoms with Gasteiger partial charge in [-0.15, -0.1) is 11.6 Å². The molecule has 0 unspecified atom stereocenters. The van der Waals surface area contributed by atoms with Crippen LogP contribution in [0.15, 0.2) is 12.1 Å². The van der Waals surface area contributed by atoms with E-state index in [-0.39, 0.29) is 17.4 Å². The molecule has 0 radical (unpaired) electrons. The van der Waals surface area contributed by atoms with Gasteiger partial charge in [-0.1, -0.05) is 11.6 Å². The highest BCUT2D eigenvalue weighted by Gasteiger charge is 2.14. The van der Waals surface area contributed by atoms with Crippen molar-refractivity contribution in [1.29, 1.82) is 0 Å². The molecule has 21 heavy (non-hydrogen) atoms. The fourth-order valence-electron chi connectivity index (χ4n) is 2.13. The number of rotatable bonds is 6. The number of hydrogen-bond donors (Lipinski definition) is 0. The quantitative estimate of drug-likeness (QED) is 0.600. The number of halogens is 3. The van der Waals surface area contributed by atoms with Gasteiger partial charge >= 0.3 is 5.97 Å². The Morgan fingerprint density at radius 1 is 1.48 bits per heavy atom. The van der Waals surface area contributed by atoms with Crippen LogP contribution in [-0.4, -0.2) is 28.0 Å². The molecule has 0 saturated carbocycles. The molecule has 4 nitrogen and oxygen atoms in total. The highest BCUT2D eigenvalue weighted by molar-refractivity contribution is 6.31. The number of imidazole rings is 1. The lowest BCUT2D eigenvalue weighted by atomic mass is 10.3. The lowest BCUT2D eigenvalue weighted by molar-refractivity contribution is -0.143. The SMILES string of the molecule is CCOC(=O)CCn1c(CCCl)nc2cc(Cl)c(F)cc21. The van der Waals surface area contributed by atoms with Gasteiger partial charge in [0.15, 0.2) is 0 Å².